The van der Waals surface area contributed by atoms with Crippen LogP contribution < -0.4 is 0 Å². The lowest BCUT2D eigenvalue weighted by Crippen LogP contribution is -2.60. The van der Waals surface area contributed by atoms with Crippen molar-refractivity contribution < 1.29 is 59.2 Å². The van der Waals surface area contributed by atoms with Crippen molar-refractivity contribution in [3.63, 3.8) is 0 Å². The first kappa shape index (κ1) is 29.8. The Kier molecular flexibility index (Phi) is 9.02. The molecule has 0 aromatic heterocycles. The van der Waals surface area contributed by atoms with Gasteiger partial charge in [0.1, 0.15) is 24.4 Å². The van der Waals surface area contributed by atoms with Crippen LogP contribution in [0.15, 0.2) is 36.6 Å². The molecule has 0 unspecified atom stereocenters. The third-order valence-electron chi connectivity index (χ3n) is 7.83. The molecule has 0 bridgehead atoms. The van der Waals surface area contributed by atoms with Crippen LogP contribution in [0.1, 0.15) is 24.5 Å². The SMILES string of the molecule is C=C[C@H]1[C@H](O[C@H]2O[C@@H](CO)[C@H](O)[C@@H](O)[C@@H]2O)OC=C(C(=O)OC)[C@H]1C[C@@H]1Cc2c(ccc(O)c2O)CN1C(C)=O. The minimum Gasteiger partial charge on any atom is -0.504 e. The second-order valence-electron chi connectivity index (χ2n) is 10.1. The summed E-state index contributed by atoms with van der Waals surface area (Å²) in [6.45, 7) is 4.79. The van der Waals surface area contributed by atoms with E-state index >= 15 is 0 Å². The van der Waals surface area contributed by atoms with E-state index in [1.807, 2.05) is 0 Å². The highest BCUT2D eigenvalue weighted by atomic mass is 16.8. The van der Waals surface area contributed by atoms with E-state index in [0.29, 0.717) is 11.1 Å². The van der Waals surface area contributed by atoms with Crippen molar-refractivity contribution in [1.29, 1.82) is 0 Å². The number of benzene rings is 1. The average Bonchev–Trinajstić information content (AvgIpc) is 2.94. The predicted octanol–water partition coefficient (Wildman–Crippen LogP) is -0.591. The number of nitrogens with zero attached hydrogens (tertiary/aromatic N) is 1. The monoisotopic (exact) mass is 565 g/mol. The highest BCUT2D eigenvalue weighted by molar-refractivity contribution is 5.89. The van der Waals surface area contributed by atoms with E-state index < -0.39 is 67.4 Å². The van der Waals surface area contributed by atoms with Crippen LogP contribution in [0.4, 0.5) is 0 Å². The molecule has 40 heavy (non-hydrogen) atoms. The Hall–Kier alpha value is -3.20. The van der Waals surface area contributed by atoms with Crippen molar-refractivity contribution in [1.82, 2.24) is 4.90 Å². The first-order valence-electron chi connectivity index (χ1n) is 12.8. The molecule has 0 saturated carbocycles. The van der Waals surface area contributed by atoms with Crippen molar-refractivity contribution in [3.8, 4) is 11.5 Å². The van der Waals surface area contributed by atoms with E-state index in [0.717, 1.165) is 6.26 Å². The lowest BCUT2D eigenvalue weighted by molar-refractivity contribution is -0.339. The number of rotatable bonds is 7. The van der Waals surface area contributed by atoms with Crippen LogP contribution in [0.3, 0.4) is 0 Å². The second-order valence-corrected chi connectivity index (χ2v) is 10.1. The molecule has 4 rings (SSSR count). The highest BCUT2D eigenvalue weighted by Gasteiger charge is 2.48. The number of aromatic hydroxyl groups is 2. The largest absolute Gasteiger partial charge is 0.504 e. The molecular weight excluding hydrogens is 530 g/mol. The molecular formula is C27H35NO12. The molecule has 3 heterocycles. The van der Waals surface area contributed by atoms with Crippen LogP contribution in [0, 0.1) is 11.8 Å². The van der Waals surface area contributed by atoms with E-state index in [2.05, 4.69) is 6.58 Å². The van der Waals surface area contributed by atoms with Crippen molar-refractivity contribution in [2.24, 2.45) is 11.8 Å². The molecule has 13 heteroatoms. The Balaban J connectivity index is 1.64. The molecule has 13 nitrogen and oxygen atoms in total. The number of methoxy groups -OCH3 is 1. The molecule has 3 aliphatic heterocycles. The van der Waals surface area contributed by atoms with Gasteiger partial charge in [-0.2, -0.15) is 0 Å². The number of ether oxygens (including phenoxy) is 4. The molecule has 1 amide bonds. The Morgan fingerprint density at radius 1 is 1.15 bits per heavy atom. The van der Waals surface area contributed by atoms with Gasteiger partial charge in [0.25, 0.3) is 0 Å². The fourth-order valence-corrected chi connectivity index (χ4v) is 5.60. The van der Waals surface area contributed by atoms with Gasteiger partial charge in [0.15, 0.2) is 17.8 Å². The van der Waals surface area contributed by atoms with Crippen molar-refractivity contribution in [2.75, 3.05) is 13.7 Å². The molecule has 1 saturated heterocycles. The number of phenolic OH excluding ortho intramolecular Hbond substituents is 2. The van der Waals surface area contributed by atoms with Crippen LogP contribution in [0.25, 0.3) is 0 Å². The summed E-state index contributed by atoms with van der Waals surface area (Å²) in [5.74, 6) is -2.93. The normalized spacial score (nSPS) is 33.8. The summed E-state index contributed by atoms with van der Waals surface area (Å²) in [5.41, 5.74) is 1.31. The summed E-state index contributed by atoms with van der Waals surface area (Å²) >= 11 is 0. The zero-order valence-corrected chi connectivity index (χ0v) is 22.1. The Morgan fingerprint density at radius 2 is 1.88 bits per heavy atom. The van der Waals surface area contributed by atoms with Gasteiger partial charge in [0.05, 0.1) is 25.6 Å². The fourth-order valence-electron chi connectivity index (χ4n) is 5.60. The fraction of sp³-hybridized carbons (Fsp3) is 0.556. The zero-order valence-electron chi connectivity index (χ0n) is 22.1. The van der Waals surface area contributed by atoms with Crippen LogP contribution in [-0.2, 0) is 41.5 Å². The first-order valence-corrected chi connectivity index (χ1v) is 12.8. The number of hydrogen-bond acceptors (Lipinski definition) is 12. The zero-order chi connectivity index (χ0) is 29.3. The van der Waals surface area contributed by atoms with Gasteiger partial charge in [0, 0.05) is 36.9 Å². The maximum absolute atomic E-state index is 12.8. The van der Waals surface area contributed by atoms with Gasteiger partial charge >= 0.3 is 5.97 Å². The van der Waals surface area contributed by atoms with E-state index in [1.165, 1.54) is 26.2 Å². The number of fused-ring (bicyclic) bond motifs is 1. The summed E-state index contributed by atoms with van der Waals surface area (Å²) in [4.78, 5) is 27.0. The molecule has 3 aliphatic rings. The number of aliphatic hydroxyl groups is 4. The number of carbonyl (C=O) groups excluding carboxylic acids is 2. The van der Waals surface area contributed by atoms with Gasteiger partial charge in [0.2, 0.25) is 12.2 Å². The average molecular weight is 566 g/mol. The van der Waals surface area contributed by atoms with Gasteiger partial charge in [-0.3, -0.25) is 4.79 Å². The molecule has 220 valence electrons. The number of phenols is 2. The van der Waals surface area contributed by atoms with Gasteiger partial charge in [-0.05, 0) is 24.5 Å². The Morgan fingerprint density at radius 3 is 2.50 bits per heavy atom. The lowest BCUT2D eigenvalue weighted by atomic mass is 9.77. The maximum atomic E-state index is 12.8. The number of esters is 1. The van der Waals surface area contributed by atoms with E-state index in [-0.39, 0.29) is 42.4 Å². The van der Waals surface area contributed by atoms with Gasteiger partial charge in [-0.1, -0.05) is 12.1 Å². The van der Waals surface area contributed by atoms with E-state index in [9.17, 15) is 40.2 Å². The molecule has 0 spiro atoms. The Labute approximate surface area is 230 Å². The summed E-state index contributed by atoms with van der Waals surface area (Å²) in [5, 5.41) is 60.7. The van der Waals surface area contributed by atoms with Crippen molar-refractivity contribution in [3.05, 3.63) is 47.7 Å². The van der Waals surface area contributed by atoms with Crippen molar-refractivity contribution in [2.45, 2.75) is 69.3 Å². The number of aliphatic hydroxyl groups excluding tert-OH is 4. The summed E-state index contributed by atoms with van der Waals surface area (Å²) in [7, 11) is 1.21. The predicted molar refractivity (Wildman–Crippen MR) is 135 cm³/mol. The molecule has 1 aromatic rings. The van der Waals surface area contributed by atoms with E-state index in [4.69, 9.17) is 18.9 Å². The summed E-state index contributed by atoms with van der Waals surface area (Å²) in [6.07, 6.45) is -5.86. The summed E-state index contributed by atoms with van der Waals surface area (Å²) in [6, 6.07) is 2.48. The quantitative estimate of drug-likeness (QED) is 0.140. The third kappa shape index (κ3) is 5.53. The number of carbonyl (C=O) groups is 2. The van der Waals surface area contributed by atoms with Crippen molar-refractivity contribution >= 4 is 11.9 Å². The van der Waals surface area contributed by atoms with Gasteiger partial charge in [-0.15, -0.1) is 6.58 Å². The molecule has 9 atom stereocenters. The topological polar surface area (TPSA) is 196 Å². The number of amides is 1. The second kappa shape index (κ2) is 12.1. The standard InChI is InChI=1S/C27H35NO12/c1-4-15-17(8-14-7-16-13(9-28(14)12(2)30)5-6-19(31)21(16)32)18(25(36)37-3)11-38-26(15)40-27-24(35)23(34)22(33)20(10-29)39-27/h4-6,11,14-15,17,20,22-24,26-27,29,31-35H,1,7-10H2,2-3H3/t14-,15+,17-,20-,22-,23+,24-,26-,27+/m0/s1. The molecule has 1 fully saturated rings. The first-order chi connectivity index (χ1) is 19.0. The molecule has 6 N–H and O–H groups in total. The minimum absolute atomic E-state index is 0.135. The van der Waals surface area contributed by atoms with Crippen LogP contribution >= 0.6 is 0 Å². The van der Waals surface area contributed by atoms with Crippen LogP contribution in [-0.4, -0.2) is 104 Å². The Bertz CT molecular complexity index is 1150. The maximum Gasteiger partial charge on any atom is 0.337 e. The highest BCUT2D eigenvalue weighted by Crippen LogP contribution is 2.42. The smallest absolute Gasteiger partial charge is 0.337 e. The molecule has 0 radical (unpaired) electrons. The van der Waals surface area contributed by atoms with Crippen LogP contribution in [0.2, 0.25) is 0 Å². The van der Waals surface area contributed by atoms with Gasteiger partial charge < -0.3 is 54.5 Å². The number of hydrogen-bond donors (Lipinski definition) is 6. The van der Waals surface area contributed by atoms with Crippen LogP contribution in [0.5, 0.6) is 11.5 Å². The third-order valence-corrected chi connectivity index (χ3v) is 7.83. The molecule has 1 aromatic carbocycles. The van der Waals surface area contributed by atoms with Gasteiger partial charge in [-0.25, -0.2) is 4.79 Å². The summed E-state index contributed by atoms with van der Waals surface area (Å²) < 4.78 is 21.9. The lowest BCUT2D eigenvalue weighted by Gasteiger charge is -2.44. The molecule has 0 aliphatic carbocycles. The van der Waals surface area contributed by atoms with E-state index in [1.54, 1.807) is 11.0 Å². The minimum atomic E-state index is -1.69.